The summed E-state index contributed by atoms with van der Waals surface area (Å²) in [6.45, 7) is 2.07. The smallest absolute Gasteiger partial charge is 0.140 e. The van der Waals surface area contributed by atoms with E-state index in [1.807, 2.05) is 6.07 Å². The van der Waals surface area contributed by atoms with Gasteiger partial charge in [0.1, 0.15) is 22.6 Å². The second kappa shape index (κ2) is 5.15. The third-order valence-corrected chi connectivity index (χ3v) is 3.47. The van der Waals surface area contributed by atoms with E-state index in [2.05, 4.69) is 11.9 Å². The Morgan fingerprint density at radius 2 is 2.28 bits per heavy atom. The number of hydrogen-bond donors (Lipinski definition) is 1. The molecule has 0 aliphatic heterocycles. The number of hydrogen-bond acceptors (Lipinski definition) is 4. The number of aryl methyl sites for hydroxylation is 1. The Morgan fingerprint density at radius 3 is 2.94 bits per heavy atom. The van der Waals surface area contributed by atoms with Crippen molar-refractivity contribution in [2.45, 2.75) is 19.8 Å². The van der Waals surface area contributed by atoms with Gasteiger partial charge >= 0.3 is 0 Å². The van der Waals surface area contributed by atoms with Crippen molar-refractivity contribution in [2.75, 3.05) is 5.73 Å². The molecule has 92 valence electrons. The minimum absolute atomic E-state index is 0.0111. The fourth-order valence-electron chi connectivity index (χ4n) is 1.66. The van der Waals surface area contributed by atoms with Crippen LogP contribution in [0.25, 0.3) is 11.3 Å². The Kier molecular flexibility index (Phi) is 3.58. The Morgan fingerprint density at radius 1 is 1.50 bits per heavy atom. The number of benzene rings is 1. The summed E-state index contributed by atoms with van der Waals surface area (Å²) in [5.41, 5.74) is 7.25. The summed E-state index contributed by atoms with van der Waals surface area (Å²) in [6, 6.07) is 6.16. The molecule has 1 aromatic carbocycles. The van der Waals surface area contributed by atoms with Crippen molar-refractivity contribution < 1.29 is 4.39 Å². The molecule has 0 unspecified atom stereocenters. The Balaban J connectivity index is 2.45. The average Bonchev–Trinajstić information content (AvgIpc) is 2.71. The highest BCUT2D eigenvalue weighted by molar-refractivity contribution is 7.16. The number of rotatable bonds is 3. The standard InChI is InChI=1S/C13H12FN3S/c1-2-3-11-17-12(13(16)18-11)8-4-5-10(14)9(6-8)7-15/h4-6H,2-3,16H2,1H3. The number of nitrogens with two attached hydrogens (primary N) is 1. The van der Waals surface area contributed by atoms with Crippen LogP contribution in [0.1, 0.15) is 23.9 Å². The number of thiazole rings is 1. The van der Waals surface area contributed by atoms with Gasteiger partial charge in [0, 0.05) is 5.56 Å². The van der Waals surface area contributed by atoms with Crippen LogP contribution in [0, 0.1) is 17.1 Å². The highest BCUT2D eigenvalue weighted by atomic mass is 32.1. The van der Waals surface area contributed by atoms with Gasteiger partial charge < -0.3 is 5.73 Å². The Hall–Kier alpha value is -1.93. The second-order valence-electron chi connectivity index (χ2n) is 3.88. The average molecular weight is 261 g/mol. The van der Waals surface area contributed by atoms with Gasteiger partial charge in [-0.15, -0.1) is 11.3 Å². The lowest BCUT2D eigenvalue weighted by molar-refractivity contribution is 0.624. The first kappa shape index (κ1) is 12.5. The van der Waals surface area contributed by atoms with Gasteiger partial charge in [0.25, 0.3) is 0 Å². The second-order valence-corrected chi connectivity index (χ2v) is 4.99. The van der Waals surface area contributed by atoms with Crippen LogP contribution in [-0.4, -0.2) is 4.98 Å². The topological polar surface area (TPSA) is 62.7 Å². The summed E-state index contributed by atoms with van der Waals surface area (Å²) in [6.07, 6.45) is 1.88. The molecule has 0 saturated carbocycles. The number of nitrogen functional groups attached to an aromatic ring is 1. The summed E-state index contributed by atoms with van der Waals surface area (Å²) in [5.74, 6) is -0.524. The molecule has 0 fully saturated rings. The normalized spacial score (nSPS) is 10.3. The maximum absolute atomic E-state index is 13.2. The van der Waals surface area contributed by atoms with Crippen molar-refractivity contribution in [1.82, 2.24) is 4.98 Å². The molecular formula is C13H12FN3S. The van der Waals surface area contributed by atoms with Crippen LogP contribution in [0.2, 0.25) is 0 Å². The summed E-state index contributed by atoms with van der Waals surface area (Å²) < 4.78 is 13.2. The van der Waals surface area contributed by atoms with E-state index in [4.69, 9.17) is 11.0 Å². The fraction of sp³-hybridized carbons (Fsp3) is 0.231. The monoisotopic (exact) mass is 261 g/mol. The van der Waals surface area contributed by atoms with Gasteiger partial charge in [0.2, 0.25) is 0 Å². The molecule has 2 rings (SSSR count). The first-order valence-corrected chi connectivity index (χ1v) is 6.42. The quantitative estimate of drug-likeness (QED) is 0.921. The molecule has 1 aromatic heterocycles. The van der Waals surface area contributed by atoms with Gasteiger partial charge in [0.05, 0.1) is 10.6 Å². The van der Waals surface area contributed by atoms with E-state index in [9.17, 15) is 4.39 Å². The van der Waals surface area contributed by atoms with E-state index in [-0.39, 0.29) is 5.56 Å². The SMILES string of the molecule is CCCc1nc(-c2ccc(F)c(C#N)c2)c(N)s1. The molecule has 2 aromatic rings. The van der Waals surface area contributed by atoms with E-state index in [1.54, 1.807) is 6.07 Å². The van der Waals surface area contributed by atoms with Gasteiger partial charge in [-0.1, -0.05) is 6.92 Å². The van der Waals surface area contributed by atoms with Gasteiger partial charge in [-0.2, -0.15) is 5.26 Å². The molecule has 0 aliphatic rings. The van der Waals surface area contributed by atoms with E-state index in [0.717, 1.165) is 17.8 Å². The highest BCUT2D eigenvalue weighted by Crippen LogP contribution is 2.31. The highest BCUT2D eigenvalue weighted by Gasteiger charge is 2.12. The van der Waals surface area contributed by atoms with Crippen molar-refractivity contribution >= 4 is 16.3 Å². The summed E-state index contributed by atoms with van der Waals surface area (Å²) in [4.78, 5) is 4.44. The maximum Gasteiger partial charge on any atom is 0.140 e. The zero-order chi connectivity index (χ0) is 13.1. The minimum atomic E-state index is -0.524. The molecule has 3 nitrogen and oxygen atoms in total. The van der Waals surface area contributed by atoms with Crippen molar-refractivity contribution in [3.63, 3.8) is 0 Å². The van der Waals surface area contributed by atoms with E-state index >= 15 is 0 Å². The third-order valence-electron chi connectivity index (χ3n) is 2.52. The lowest BCUT2D eigenvalue weighted by Crippen LogP contribution is -1.89. The molecule has 1 heterocycles. The molecule has 0 spiro atoms. The number of aromatic nitrogens is 1. The first-order valence-electron chi connectivity index (χ1n) is 5.61. The molecule has 0 bridgehead atoms. The van der Waals surface area contributed by atoms with E-state index in [1.165, 1.54) is 23.5 Å². The fourth-order valence-corrected chi connectivity index (χ4v) is 2.62. The third kappa shape index (κ3) is 2.34. The first-order chi connectivity index (χ1) is 8.65. The molecule has 18 heavy (non-hydrogen) atoms. The number of nitrogens with zero attached hydrogens (tertiary/aromatic N) is 2. The number of halogens is 1. The number of anilines is 1. The van der Waals surface area contributed by atoms with Crippen LogP contribution in [0.4, 0.5) is 9.39 Å². The van der Waals surface area contributed by atoms with Crippen LogP contribution in [0.15, 0.2) is 18.2 Å². The van der Waals surface area contributed by atoms with E-state index in [0.29, 0.717) is 16.3 Å². The van der Waals surface area contributed by atoms with Crippen molar-refractivity contribution in [1.29, 1.82) is 5.26 Å². The Labute approximate surface area is 109 Å². The van der Waals surface area contributed by atoms with Crippen LogP contribution in [0.3, 0.4) is 0 Å². The predicted octanol–water partition coefficient (Wildman–Crippen LogP) is 3.36. The molecule has 0 saturated heterocycles. The zero-order valence-electron chi connectivity index (χ0n) is 9.90. The van der Waals surface area contributed by atoms with Crippen LogP contribution in [-0.2, 0) is 6.42 Å². The molecule has 0 amide bonds. The van der Waals surface area contributed by atoms with Crippen LogP contribution in [0.5, 0.6) is 0 Å². The summed E-state index contributed by atoms with van der Waals surface area (Å²) in [5, 5.41) is 10.4. The lowest BCUT2D eigenvalue weighted by atomic mass is 10.1. The van der Waals surface area contributed by atoms with Crippen molar-refractivity contribution in [3.05, 3.63) is 34.6 Å². The largest absolute Gasteiger partial charge is 0.389 e. The zero-order valence-corrected chi connectivity index (χ0v) is 10.7. The van der Waals surface area contributed by atoms with Crippen LogP contribution >= 0.6 is 11.3 Å². The van der Waals surface area contributed by atoms with Crippen LogP contribution < -0.4 is 5.73 Å². The molecule has 5 heteroatoms. The van der Waals surface area contributed by atoms with Crippen molar-refractivity contribution in [2.24, 2.45) is 0 Å². The van der Waals surface area contributed by atoms with Gasteiger partial charge in [-0.25, -0.2) is 9.37 Å². The molecule has 0 aliphatic carbocycles. The maximum atomic E-state index is 13.2. The molecule has 0 radical (unpaired) electrons. The van der Waals surface area contributed by atoms with Gasteiger partial charge in [0.15, 0.2) is 0 Å². The molecular weight excluding hydrogens is 249 g/mol. The molecule has 2 N–H and O–H groups in total. The van der Waals surface area contributed by atoms with E-state index < -0.39 is 5.82 Å². The molecule has 0 atom stereocenters. The minimum Gasteiger partial charge on any atom is -0.389 e. The van der Waals surface area contributed by atoms with Crippen molar-refractivity contribution in [3.8, 4) is 17.3 Å². The lowest BCUT2D eigenvalue weighted by Gasteiger charge is -2.00. The Bertz CT molecular complexity index is 613. The number of nitriles is 1. The summed E-state index contributed by atoms with van der Waals surface area (Å²) in [7, 11) is 0. The summed E-state index contributed by atoms with van der Waals surface area (Å²) >= 11 is 1.44. The van der Waals surface area contributed by atoms with Gasteiger partial charge in [-0.05, 0) is 31.0 Å². The predicted molar refractivity (Wildman–Crippen MR) is 70.6 cm³/mol. The van der Waals surface area contributed by atoms with Gasteiger partial charge in [-0.3, -0.25) is 0 Å².